The van der Waals surface area contributed by atoms with E-state index in [-0.39, 0.29) is 11.9 Å². The number of hydrogen-bond donors (Lipinski definition) is 1. The predicted molar refractivity (Wildman–Crippen MR) is 89.6 cm³/mol. The third-order valence-electron chi connectivity index (χ3n) is 3.61. The van der Waals surface area contributed by atoms with Crippen molar-refractivity contribution in [3.8, 4) is 0 Å². The third-order valence-corrected chi connectivity index (χ3v) is 4.79. The number of amides is 1. The van der Waals surface area contributed by atoms with Crippen LogP contribution >= 0.6 is 11.8 Å². The smallest absolute Gasteiger partial charge is 0.244 e. The van der Waals surface area contributed by atoms with Gasteiger partial charge in [-0.15, -0.1) is 0 Å². The molecule has 21 heavy (non-hydrogen) atoms. The molecule has 1 aliphatic rings. The molecule has 0 saturated carbocycles. The van der Waals surface area contributed by atoms with E-state index in [9.17, 15) is 4.79 Å². The van der Waals surface area contributed by atoms with E-state index in [1.165, 1.54) is 5.56 Å². The van der Waals surface area contributed by atoms with E-state index >= 15 is 0 Å². The van der Waals surface area contributed by atoms with Gasteiger partial charge in [0.05, 0.1) is 11.8 Å². The Morgan fingerprint density at radius 1 is 1.38 bits per heavy atom. The SMILES string of the molecule is CCN(CC)C(=O)C(C)NC1=NCC(c2ccccc2)S1. The van der Waals surface area contributed by atoms with E-state index in [0.29, 0.717) is 5.25 Å². The monoisotopic (exact) mass is 305 g/mol. The first-order valence-electron chi connectivity index (χ1n) is 7.47. The van der Waals surface area contributed by atoms with Crippen molar-refractivity contribution in [1.82, 2.24) is 10.2 Å². The van der Waals surface area contributed by atoms with Crippen LogP contribution in [0.1, 0.15) is 31.6 Å². The predicted octanol–water partition coefficient (Wildman–Crippen LogP) is 2.68. The lowest BCUT2D eigenvalue weighted by atomic mass is 10.1. The van der Waals surface area contributed by atoms with Gasteiger partial charge < -0.3 is 10.2 Å². The quantitative estimate of drug-likeness (QED) is 0.909. The summed E-state index contributed by atoms with van der Waals surface area (Å²) in [4.78, 5) is 18.6. The van der Waals surface area contributed by atoms with Gasteiger partial charge in [0.2, 0.25) is 5.91 Å². The van der Waals surface area contributed by atoms with Crippen molar-refractivity contribution < 1.29 is 4.79 Å². The van der Waals surface area contributed by atoms with E-state index in [1.807, 2.05) is 43.9 Å². The second kappa shape index (κ2) is 7.50. The highest BCUT2D eigenvalue weighted by Crippen LogP contribution is 2.34. The Kier molecular flexibility index (Phi) is 5.67. The number of thioether (sulfide) groups is 1. The van der Waals surface area contributed by atoms with Gasteiger partial charge in [0, 0.05) is 13.1 Å². The van der Waals surface area contributed by atoms with Gasteiger partial charge in [0.15, 0.2) is 5.17 Å². The molecule has 1 amide bonds. The Hall–Kier alpha value is -1.49. The number of hydrogen-bond acceptors (Lipinski definition) is 4. The van der Waals surface area contributed by atoms with E-state index in [4.69, 9.17) is 0 Å². The highest BCUT2D eigenvalue weighted by Gasteiger charge is 2.25. The molecule has 4 nitrogen and oxygen atoms in total. The molecule has 0 spiro atoms. The molecule has 2 unspecified atom stereocenters. The molecule has 1 aromatic rings. The maximum absolute atomic E-state index is 12.2. The lowest BCUT2D eigenvalue weighted by Gasteiger charge is -2.23. The minimum atomic E-state index is -0.231. The average molecular weight is 305 g/mol. The number of nitrogens with zero attached hydrogens (tertiary/aromatic N) is 2. The van der Waals surface area contributed by atoms with Gasteiger partial charge in [-0.2, -0.15) is 0 Å². The van der Waals surface area contributed by atoms with Crippen molar-refractivity contribution in [2.24, 2.45) is 4.99 Å². The number of rotatable bonds is 5. The van der Waals surface area contributed by atoms with Gasteiger partial charge >= 0.3 is 0 Å². The first-order valence-corrected chi connectivity index (χ1v) is 8.35. The molecule has 0 aromatic heterocycles. The highest BCUT2D eigenvalue weighted by molar-refractivity contribution is 8.14. The number of amidine groups is 1. The minimum absolute atomic E-state index is 0.131. The summed E-state index contributed by atoms with van der Waals surface area (Å²) in [5.74, 6) is 0.131. The summed E-state index contributed by atoms with van der Waals surface area (Å²) in [5.41, 5.74) is 1.28. The summed E-state index contributed by atoms with van der Waals surface area (Å²) in [7, 11) is 0. The zero-order valence-corrected chi connectivity index (χ0v) is 13.7. The molecule has 0 aliphatic carbocycles. The van der Waals surface area contributed by atoms with Crippen molar-refractivity contribution in [2.45, 2.75) is 32.1 Å². The standard InChI is InChI=1S/C16H23N3OS/c1-4-19(5-2)15(20)12(3)18-16-17-11-14(21-16)13-9-7-6-8-10-13/h6-10,12,14H,4-5,11H2,1-3H3,(H,17,18). The summed E-state index contributed by atoms with van der Waals surface area (Å²) < 4.78 is 0. The van der Waals surface area contributed by atoms with Crippen molar-refractivity contribution in [1.29, 1.82) is 0 Å². The number of aliphatic imine (C=N–C) groups is 1. The molecule has 0 bridgehead atoms. The molecule has 0 radical (unpaired) electrons. The second-order valence-electron chi connectivity index (χ2n) is 5.04. The Balaban J connectivity index is 1.89. The van der Waals surface area contributed by atoms with Crippen LogP contribution < -0.4 is 5.32 Å². The van der Waals surface area contributed by atoms with Gasteiger partial charge in [-0.25, -0.2) is 0 Å². The summed E-state index contributed by atoms with van der Waals surface area (Å²) in [6.45, 7) is 8.16. The first-order chi connectivity index (χ1) is 10.2. The summed E-state index contributed by atoms with van der Waals surface area (Å²) >= 11 is 1.70. The number of carbonyl (C=O) groups is 1. The van der Waals surface area contributed by atoms with Crippen LogP contribution in [0.25, 0.3) is 0 Å². The number of likely N-dealkylation sites (N-methyl/N-ethyl adjacent to an activating group) is 1. The molecule has 0 saturated heterocycles. The first kappa shape index (κ1) is 15.9. The summed E-state index contributed by atoms with van der Waals surface area (Å²) in [5, 5.41) is 4.47. The number of nitrogens with one attached hydrogen (secondary N) is 1. The van der Waals surface area contributed by atoms with E-state index in [1.54, 1.807) is 11.8 Å². The number of carbonyl (C=O) groups excluding carboxylic acids is 1. The normalized spacial score (nSPS) is 19.0. The van der Waals surface area contributed by atoms with Crippen LogP contribution in [0.15, 0.2) is 35.3 Å². The van der Waals surface area contributed by atoms with Crippen LogP contribution in [0.4, 0.5) is 0 Å². The summed E-state index contributed by atoms with van der Waals surface area (Å²) in [6.07, 6.45) is 0. The zero-order valence-electron chi connectivity index (χ0n) is 12.9. The molecule has 1 aromatic carbocycles. The van der Waals surface area contributed by atoms with Crippen LogP contribution in [0, 0.1) is 0 Å². The molecular formula is C16H23N3OS. The fraction of sp³-hybridized carbons (Fsp3) is 0.500. The van der Waals surface area contributed by atoms with Crippen LogP contribution in [0.5, 0.6) is 0 Å². The van der Waals surface area contributed by atoms with Crippen LogP contribution in [-0.4, -0.2) is 41.7 Å². The second-order valence-corrected chi connectivity index (χ2v) is 6.23. The lowest BCUT2D eigenvalue weighted by Crippen LogP contribution is -2.46. The van der Waals surface area contributed by atoms with Crippen molar-refractivity contribution in [3.63, 3.8) is 0 Å². The molecule has 114 valence electrons. The zero-order chi connectivity index (χ0) is 15.2. The van der Waals surface area contributed by atoms with Gasteiger partial charge in [-0.05, 0) is 26.3 Å². The Morgan fingerprint density at radius 3 is 2.67 bits per heavy atom. The Morgan fingerprint density at radius 2 is 2.05 bits per heavy atom. The van der Waals surface area contributed by atoms with Crippen molar-refractivity contribution >= 4 is 22.8 Å². The average Bonchev–Trinajstić information content (AvgIpc) is 2.97. The topological polar surface area (TPSA) is 44.7 Å². The molecule has 1 heterocycles. The minimum Gasteiger partial charge on any atom is -0.353 e. The van der Waals surface area contributed by atoms with Crippen molar-refractivity contribution in [3.05, 3.63) is 35.9 Å². The van der Waals surface area contributed by atoms with Gasteiger partial charge in [-0.3, -0.25) is 9.79 Å². The van der Waals surface area contributed by atoms with Gasteiger partial charge in [0.1, 0.15) is 6.04 Å². The molecule has 5 heteroatoms. The largest absolute Gasteiger partial charge is 0.353 e. The molecule has 0 fully saturated rings. The molecule has 1 aliphatic heterocycles. The molecule has 2 rings (SSSR count). The maximum atomic E-state index is 12.2. The van der Waals surface area contributed by atoms with E-state index in [2.05, 4.69) is 22.4 Å². The fourth-order valence-corrected chi connectivity index (χ4v) is 3.46. The van der Waals surface area contributed by atoms with Crippen LogP contribution in [-0.2, 0) is 4.79 Å². The maximum Gasteiger partial charge on any atom is 0.244 e. The van der Waals surface area contributed by atoms with Crippen LogP contribution in [0.3, 0.4) is 0 Å². The Labute approximate surface area is 131 Å². The van der Waals surface area contributed by atoms with E-state index < -0.39 is 0 Å². The lowest BCUT2D eigenvalue weighted by molar-refractivity contribution is -0.132. The highest BCUT2D eigenvalue weighted by atomic mass is 32.2. The van der Waals surface area contributed by atoms with Crippen molar-refractivity contribution in [2.75, 3.05) is 19.6 Å². The molecular weight excluding hydrogens is 282 g/mol. The van der Waals surface area contributed by atoms with Crippen LogP contribution in [0.2, 0.25) is 0 Å². The van der Waals surface area contributed by atoms with E-state index in [0.717, 1.165) is 24.8 Å². The summed E-state index contributed by atoms with van der Waals surface area (Å²) in [6, 6.07) is 10.1. The van der Waals surface area contributed by atoms with Gasteiger partial charge in [-0.1, -0.05) is 42.1 Å². The molecule has 2 atom stereocenters. The number of benzene rings is 1. The Bertz CT molecular complexity index is 500. The molecule has 1 N–H and O–H groups in total. The fourth-order valence-electron chi connectivity index (χ4n) is 2.35. The third kappa shape index (κ3) is 4.00. The van der Waals surface area contributed by atoms with Gasteiger partial charge in [0.25, 0.3) is 0 Å².